The van der Waals surface area contributed by atoms with E-state index < -0.39 is 47.2 Å². The van der Waals surface area contributed by atoms with Crippen LogP contribution >= 0.6 is 0 Å². The number of anilines is 1. The van der Waals surface area contributed by atoms with Crippen LogP contribution in [0.3, 0.4) is 0 Å². The molecule has 4 rings (SSSR count). The predicted octanol–water partition coefficient (Wildman–Crippen LogP) is 1.16. The Balaban J connectivity index is 1.52. The van der Waals surface area contributed by atoms with Crippen molar-refractivity contribution in [1.29, 1.82) is 0 Å². The van der Waals surface area contributed by atoms with Crippen molar-refractivity contribution >= 4 is 23.5 Å². The highest BCUT2D eigenvalue weighted by Gasteiger charge is 2.28. The standard InChI is InChI=1S/C24H21N3O7/c1-26-20(25)19(21(29)27(2)24(26)32)17(28)12-33-22(30)14-8-9-16-15(10-14)11-18(34-23(16)31)13-6-4-3-5-7-13/h3-10,18H,11-12,25H2,1-2H3. The molecule has 10 heteroatoms. The van der Waals surface area contributed by atoms with Crippen molar-refractivity contribution in [2.75, 3.05) is 12.3 Å². The van der Waals surface area contributed by atoms with E-state index in [-0.39, 0.29) is 11.4 Å². The maximum absolute atomic E-state index is 12.6. The number of ether oxygens (including phenoxy) is 2. The summed E-state index contributed by atoms with van der Waals surface area (Å²) < 4.78 is 12.3. The van der Waals surface area contributed by atoms with Gasteiger partial charge in [-0.15, -0.1) is 0 Å². The first-order valence-corrected chi connectivity index (χ1v) is 10.3. The lowest BCUT2D eigenvalue weighted by Gasteiger charge is -2.25. The lowest BCUT2D eigenvalue weighted by Crippen LogP contribution is -2.42. The molecule has 2 aromatic carbocycles. The molecule has 10 nitrogen and oxygen atoms in total. The quantitative estimate of drug-likeness (QED) is 0.439. The third kappa shape index (κ3) is 4.01. The molecule has 174 valence electrons. The SMILES string of the molecule is Cn1c(N)c(C(=O)COC(=O)c2ccc3c(c2)CC(c2ccccc2)OC3=O)c(=O)n(C)c1=O. The summed E-state index contributed by atoms with van der Waals surface area (Å²) >= 11 is 0. The lowest BCUT2D eigenvalue weighted by atomic mass is 9.93. The number of carbonyl (C=O) groups is 3. The van der Waals surface area contributed by atoms with Crippen molar-refractivity contribution < 1.29 is 23.9 Å². The maximum Gasteiger partial charge on any atom is 0.339 e. The third-order valence-electron chi connectivity index (χ3n) is 5.71. The first-order valence-electron chi connectivity index (χ1n) is 10.3. The van der Waals surface area contributed by atoms with E-state index in [0.29, 0.717) is 17.5 Å². The van der Waals surface area contributed by atoms with Gasteiger partial charge in [-0.2, -0.15) is 0 Å². The van der Waals surface area contributed by atoms with Crippen molar-refractivity contribution in [1.82, 2.24) is 9.13 Å². The normalized spacial score (nSPS) is 14.8. The summed E-state index contributed by atoms with van der Waals surface area (Å²) in [5.41, 5.74) is 5.70. The summed E-state index contributed by atoms with van der Waals surface area (Å²) in [6.45, 7) is -0.748. The highest BCUT2D eigenvalue weighted by Crippen LogP contribution is 2.31. The largest absolute Gasteiger partial charge is 0.454 e. The molecule has 1 aliphatic rings. The summed E-state index contributed by atoms with van der Waals surface area (Å²) in [4.78, 5) is 61.8. The van der Waals surface area contributed by atoms with Crippen LogP contribution in [0.2, 0.25) is 0 Å². The second-order valence-corrected chi connectivity index (χ2v) is 7.85. The van der Waals surface area contributed by atoms with Crippen LogP contribution < -0.4 is 17.0 Å². The molecule has 1 aromatic heterocycles. The number of aromatic nitrogens is 2. The Bertz CT molecular complexity index is 1440. The molecule has 0 saturated carbocycles. The molecule has 0 fully saturated rings. The highest BCUT2D eigenvalue weighted by molar-refractivity contribution is 6.02. The van der Waals surface area contributed by atoms with Gasteiger partial charge in [0.15, 0.2) is 6.61 Å². The topological polar surface area (TPSA) is 140 Å². The number of rotatable bonds is 5. The molecular formula is C24H21N3O7. The minimum absolute atomic E-state index is 0.134. The number of nitrogen functional groups attached to an aromatic ring is 1. The number of Topliss-reactive ketones (excluding diaryl/α,β-unsaturated/α-hetero) is 1. The smallest absolute Gasteiger partial charge is 0.339 e. The van der Waals surface area contributed by atoms with E-state index in [4.69, 9.17) is 15.2 Å². The summed E-state index contributed by atoms with van der Waals surface area (Å²) in [7, 11) is 2.54. The van der Waals surface area contributed by atoms with Gasteiger partial charge in [-0.1, -0.05) is 30.3 Å². The number of hydrogen-bond donors (Lipinski definition) is 1. The fourth-order valence-corrected chi connectivity index (χ4v) is 3.78. The van der Waals surface area contributed by atoms with E-state index in [1.165, 1.54) is 32.3 Å². The molecule has 2 N–H and O–H groups in total. The second-order valence-electron chi connectivity index (χ2n) is 7.85. The number of benzene rings is 2. The molecule has 2 heterocycles. The zero-order valence-electron chi connectivity index (χ0n) is 18.4. The van der Waals surface area contributed by atoms with Crippen LogP contribution in [-0.4, -0.2) is 33.5 Å². The summed E-state index contributed by atoms with van der Waals surface area (Å²) in [5.74, 6) is -2.46. The van der Waals surface area contributed by atoms with Crippen molar-refractivity contribution in [3.63, 3.8) is 0 Å². The van der Waals surface area contributed by atoms with Crippen LogP contribution in [0.15, 0.2) is 58.1 Å². The molecular weight excluding hydrogens is 442 g/mol. The highest BCUT2D eigenvalue weighted by atomic mass is 16.5. The molecule has 0 aliphatic carbocycles. The molecule has 1 aliphatic heterocycles. The monoisotopic (exact) mass is 463 g/mol. The number of nitrogens with zero attached hydrogens (tertiary/aromatic N) is 2. The maximum atomic E-state index is 12.6. The third-order valence-corrected chi connectivity index (χ3v) is 5.71. The number of fused-ring (bicyclic) bond motifs is 1. The first kappa shape index (κ1) is 22.7. The zero-order valence-corrected chi connectivity index (χ0v) is 18.4. The van der Waals surface area contributed by atoms with Gasteiger partial charge in [0, 0.05) is 20.5 Å². The van der Waals surface area contributed by atoms with Crippen LogP contribution in [0.1, 0.15) is 48.3 Å². The number of cyclic esters (lactones) is 1. The fourth-order valence-electron chi connectivity index (χ4n) is 3.78. The average molecular weight is 463 g/mol. The Morgan fingerprint density at radius 1 is 1.06 bits per heavy atom. The van der Waals surface area contributed by atoms with Crippen molar-refractivity contribution in [2.24, 2.45) is 14.1 Å². The summed E-state index contributed by atoms with van der Waals surface area (Å²) in [6, 6.07) is 13.6. The molecule has 1 atom stereocenters. The number of ketones is 1. The predicted molar refractivity (Wildman–Crippen MR) is 121 cm³/mol. The molecule has 0 saturated heterocycles. The Kier molecular flexibility index (Phi) is 5.89. The van der Waals surface area contributed by atoms with E-state index in [9.17, 15) is 24.0 Å². The molecule has 0 radical (unpaired) electrons. The number of hydrogen-bond acceptors (Lipinski definition) is 8. The van der Waals surface area contributed by atoms with Gasteiger partial charge in [0.1, 0.15) is 17.5 Å². The average Bonchev–Trinajstić information content (AvgIpc) is 2.85. The van der Waals surface area contributed by atoms with E-state index in [1.54, 1.807) is 0 Å². The van der Waals surface area contributed by atoms with Crippen LogP contribution in [0, 0.1) is 0 Å². The van der Waals surface area contributed by atoms with E-state index in [0.717, 1.165) is 14.7 Å². The molecule has 0 spiro atoms. The zero-order chi connectivity index (χ0) is 24.6. The Labute approximate surface area is 193 Å². The molecule has 34 heavy (non-hydrogen) atoms. The van der Waals surface area contributed by atoms with E-state index in [1.807, 2.05) is 30.3 Å². The van der Waals surface area contributed by atoms with E-state index >= 15 is 0 Å². The van der Waals surface area contributed by atoms with Gasteiger partial charge >= 0.3 is 17.6 Å². The Morgan fingerprint density at radius 3 is 2.47 bits per heavy atom. The summed E-state index contributed by atoms with van der Waals surface area (Å²) in [6.07, 6.45) is -0.117. The van der Waals surface area contributed by atoms with Crippen LogP contribution in [0.5, 0.6) is 0 Å². The van der Waals surface area contributed by atoms with Crippen LogP contribution in [0.25, 0.3) is 0 Å². The molecule has 3 aromatic rings. The Morgan fingerprint density at radius 2 is 1.76 bits per heavy atom. The second kappa shape index (κ2) is 8.81. The molecule has 0 amide bonds. The number of esters is 2. The van der Waals surface area contributed by atoms with Gasteiger partial charge in [-0.05, 0) is 29.3 Å². The van der Waals surface area contributed by atoms with Crippen molar-refractivity contribution in [3.05, 3.63) is 97.2 Å². The molecule has 1 unspecified atom stereocenters. The fraction of sp³-hybridized carbons (Fsp3) is 0.208. The molecule has 0 bridgehead atoms. The van der Waals surface area contributed by atoms with Crippen LogP contribution in [-0.2, 0) is 30.0 Å². The van der Waals surface area contributed by atoms with Gasteiger partial charge in [-0.3, -0.25) is 18.7 Å². The van der Waals surface area contributed by atoms with Gasteiger partial charge in [-0.25, -0.2) is 14.4 Å². The minimum Gasteiger partial charge on any atom is -0.454 e. The Hall–Kier alpha value is -4.47. The van der Waals surface area contributed by atoms with Gasteiger partial charge in [0.25, 0.3) is 5.56 Å². The van der Waals surface area contributed by atoms with Crippen molar-refractivity contribution in [3.8, 4) is 0 Å². The van der Waals surface area contributed by atoms with Crippen molar-refractivity contribution in [2.45, 2.75) is 12.5 Å². The van der Waals surface area contributed by atoms with Gasteiger partial charge in [0.2, 0.25) is 5.78 Å². The lowest BCUT2D eigenvalue weighted by molar-refractivity contribution is 0.0251. The minimum atomic E-state index is -0.874. The number of carbonyl (C=O) groups excluding carboxylic acids is 3. The first-order chi connectivity index (χ1) is 16.2. The van der Waals surface area contributed by atoms with Gasteiger partial charge < -0.3 is 15.2 Å². The number of nitrogens with two attached hydrogens (primary N) is 1. The summed E-state index contributed by atoms with van der Waals surface area (Å²) in [5, 5.41) is 0. The van der Waals surface area contributed by atoms with E-state index in [2.05, 4.69) is 0 Å². The van der Waals surface area contributed by atoms with Gasteiger partial charge in [0.05, 0.1) is 11.1 Å². The van der Waals surface area contributed by atoms with Crippen LogP contribution in [0.4, 0.5) is 5.82 Å².